The van der Waals surface area contributed by atoms with Gasteiger partial charge in [-0.15, -0.1) is 0 Å². The lowest BCUT2D eigenvalue weighted by molar-refractivity contribution is 0.578. The molecule has 1 aromatic rings. The molecule has 0 amide bonds. The number of nitrogens with two attached hydrogens (primary N) is 1. The Morgan fingerprint density at radius 1 is 1.41 bits per heavy atom. The van der Waals surface area contributed by atoms with Crippen molar-refractivity contribution in [2.75, 3.05) is 22.3 Å². The van der Waals surface area contributed by atoms with Crippen molar-refractivity contribution in [3.63, 3.8) is 0 Å². The number of sulfonamides is 1. The highest BCUT2D eigenvalue weighted by Gasteiger charge is 2.31. The number of para-hydroxylation sites is 1. The lowest BCUT2D eigenvalue weighted by atomic mass is 10.1. The van der Waals surface area contributed by atoms with E-state index in [-0.39, 0.29) is 11.7 Å². The Hall–Kier alpha value is -1.23. The number of nitrogens with zero attached hydrogens (tertiary/aromatic N) is 1. The van der Waals surface area contributed by atoms with E-state index in [1.807, 2.05) is 26.0 Å². The van der Waals surface area contributed by atoms with Crippen LogP contribution in [0.2, 0.25) is 0 Å². The van der Waals surface area contributed by atoms with Crippen LogP contribution < -0.4 is 10.0 Å². The number of rotatable bonds is 3. The normalized spacial score (nSPS) is 15.4. The molecule has 0 atom stereocenters. The van der Waals surface area contributed by atoms with E-state index in [2.05, 4.69) is 0 Å². The molecule has 2 rings (SSSR count). The van der Waals surface area contributed by atoms with Gasteiger partial charge in [-0.25, -0.2) is 8.42 Å². The molecule has 0 aromatic heterocycles. The Balaban J connectivity index is 2.40. The topological polar surface area (TPSA) is 63.4 Å². The average Bonchev–Trinajstić information content (AvgIpc) is 2.61. The zero-order chi connectivity index (χ0) is 12.6. The van der Waals surface area contributed by atoms with E-state index in [1.54, 1.807) is 6.07 Å². The van der Waals surface area contributed by atoms with Crippen LogP contribution in [0.25, 0.3) is 0 Å². The predicted molar refractivity (Wildman–Crippen MR) is 70.5 cm³/mol. The van der Waals surface area contributed by atoms with Gasteiger partial charge in [0, 0.05) is 6.54 Å². The van der Waals surface area contributed by atoms with Gasteiger partial charge in [0.05, 0.1) is 17.1 Å². The molecule has 2 N–H and O–H groups in total. The summed E-state index contributed by atoms with van der Waals surface area (Å²) in [6.07, 6.45) is 0.748. The molecule has 17 heavy (non-hydrogen) atoms. The maximum absolute atomic E-state index is 12.2. The van der Waals surface area contributed by atoms with Crippen LogP contribution in [0.4, 0.5) is 11.4 Å². The van der Waals surface area contributed by atoms with E-state index in [9.17, 15) is 8.42 Å². The van der Waals surface area contributed by atoms with E-state index in [0.717, 1.165) is 12.0 Å². The molecule has 0 bridgehead atoms. The molecular weight excluding hydrogens is 236 g/mol. The van der Waals surface area contributed by atoms with Gasteiger partial charge in [-0.2, -0.15) is 0 Å². The number of fused-ring (bicyclic) bond motifs is 1. The fourth-order valence-corrected chi connectivity index (χ4v) is 4.13. The first kappa shape index (κ1) is 12.2. The van der Waals surface area contributed by atoms with Crippen molar-refractivity contribution >= 4 is 21.4 Å². The third-order valence-electron chi connectivity index (χ3n) is 2.86. The third-order valence-corrected chi connectivity index (χ3v) is 4.99. The largest absolute Gasteiger partial charge is 0.397 e. The van der Waals surface area contributed by atoms with Crippen molar-refractivity contribution in [2.45, 2.75) is 20.3 Å². The Morgan fingerprint density at radius 2 is 2.12 bits per heavy atom. The minimum atomic E-state index is -3.24. The lowest BCUT2D eigenvalue weighted by Gasteiger charge is -2.21. The molecule has 0 radical (unpaired) electrons. The van der Waals surface area contributed by atoms with Gasteiger partial charge in [-0.05, 0) is 24.0 Å². The Morgan fingerprint density at radius 3 is 2.76 bits per heavy atom. The molecule has 0 fully saturated rings. The van der Waals surface area contributed by atoms with E-state index in [0.29, 0.717) is 17.9 Å². The summed E-state index contributed by atoms with van der Waals surface area (Å²) in [4.78, 5) is 0. The molecule has 0 saturated heterocycles. The molecule has 1 heterocycles. The van der Waals surface area contributed by atoms with Crippen molar-refractivity contribution in [3.8, 4) is 0 Å². The first-order valence-electron chi connectivity index (χ1n) is 5.79. The molecule has 1 aromatic carbocycles. The van der Waals surface area contributed by atoms with Crippen molar-refractivity contribution in [1.82, 2.24) is 0 Å². The quantitative estimate of drug-likeness (QED) is 0.834. The summed E-state index contributed by atoms with van der Waals surface area (Å²) in [5.74, 6) is 0.287. The minimum Gasteiger partial charge on any atom is -0.397 e. The molecular formula is C12H18N2O2S. The molecule has 0 spiro atoms. The molecule has 4 nitrogen and oxygen atoms in total. The summed E-state index contributed by atoms with van der Waals surface area (Å²) in [6, 6.07) is 5.56. The lowest BCUT2D eigenvalue weighted by Crippen LogP contribution is -2.33. The summed E-state index contributed by atoms with van der Waals surface area (Å²) in [6.45, 7) is 4.32. The smallest absolute Gasteiger partial charge is 0.235 e. The molecule has 0 unspecified atom stereocenters. The summed E-state index contributed by atoms with van der Waals surface area (Å²) < 4.78 is 25.9. The standard InChI is InChI=1S/C12H18N2O2S/c1-9(2)8-17(15,16)14-7-6-10-4-3-5-11(13)12(10)14/h3-5,9H,6-8,13H2,1-2H3. The zero-order valence-electron chi connectivity index (χ0n) is 10.2. The summed E-state index contributed by atoms with van der Waals surface area (Å²) in [5, 5.41) is 0. The number of nitrogen functional groups attached to an aromatic ring is 1. The summed E-state index contributed by atoms with van der Waals surface area (Å²) >= 11 is 0. The maximum atomic E-state index is 12.2. The fraction of sp³-hybridized carbons (Fsp3) is 0.500. The predicted octanol–water partition coefficient (Wildman–Crippen LogP) is 1.62. The van der Waals surface area contributed by atoms with Gasteiger partial charge in [0.15, 0.2) is 0 Å². The first-order chi connectivity index (χ1) is 7.92. The van der Waals surface area contributed by atoms with E-state index < -0.39 is 10.0 Å². The van der Waals surface area contributed by atoms with Gasteiger partial charge in [-0.1, -0.05) is 26.0 Å². The first-order valence-corrected chi connectivity index (χ1v) is 7.40. The zero-order valence-corrected chi connectivity index (χ0v) is 11.0. The van der Waals surface area contributed by atoms with E-state index >= 15 is 0 Å². The van der Waals surface area contributed by atoms with E-state index in [4.69, 9.17) is 5.73 Å². The van der Waals surface area contributed by atoms with Crippen molar-refractivity contribution in [2.24, 2.45) is 5.92 Å². The van der Waals surface area contributed by atoms with Crippen LogP contribution in [0.1, 0.15) is 19.4 Å². The van der Waals surface area contributed by atoms with Crippen molar-refractivity contribution < 1.29 is 8.42 Å². The SMILES string of the molecule is CC(C)CS(=O)(=O)N1CCc2cccc(N)c21. The highest BCUT2D eigenvalue weighted by Crippen LogP contribution is 2.35. The van der Waals surface area contributed by atoms with Crippen LogP contribution >= 0.6 is 0 Å². The molecule has 5 heteroatoms. The van der Waals surface area contributed by atoms with Crippen LogP contribution in [0.15, 0.2) is 18.2 Å². The molecule has 0 saturated carbocycles. The fourth-order valence-electron chi connectivity index (χ4n) is 2.24. The number of anilines is 2. The highest BCUT2D eigenvalue weighted by atomic mass is 32.2. The number of hydrogen-bond acceptors (Lipinski definition) is 3. The Bertz CT molecular complexity index is 523. The van der Waals surface area contributed by atoms with E-state index in [1.165, 1.54) is 4.31 Å². The third kappa shape index (κ3) is 2.24. The maximum Gasteiger partial charge on any atom is 0.235 e. The molecule has 0 aliphatic carbocycles. The molecule has 94 valence electrons. The van der Waals surface area contributed by atoms with Crippen LogP contribution in [-0.4, -0.2) is 20.7 Å². The van der Waals surface area contributed by atoms with Crippen LogP contribution in [0.3, 0.4) is 0 Å². The second kappa shape index (κ2) is 4.22. The second-order valence-electron chi connectivity index (χ2n) is 4.85. The Labute approximate surface area is 102 Å². The molecule has 1 aliphatic heterocycles. The van der Waals surface area contributed by atoms with Gasteiger partial charge in [0.2, 0.25) is 10.0 Å². The van der Waals surface area contributed by atoms with Gasteiger partial charge >= 0.3 is 0 Å². The highest BCUT2D eigenvalue weighted by molar-refractivity contribution is 7.92. The van der Waals surface area contributed by atoms with Gasteiger partial charge in [-0.3, -0.25) is 4.31 Å². The van der Waals surface area contributed by atoms with Gasteiger partial charge in [0.25, 0.3) is 0 Å². The summed E-state index contributed by atoms with van der Waals surface area (Å²) in [7, 11) is -3.24. The van der Waals surface area contributed by atoms with Crippen molar-refractivity contribution in [3.05, 3.63) is 23.8 Å². The second-order valence-corrected chi connectivity index (χ2v) is 6.79. The monoisotopic (exact) mass is 254 g/mol. The van der Waals surface area contributed by atoms with Gasteiger partial charge in [0.1, 0.15) is 0 Å². The van der Waals surface area contributed by atoms with Gasteiger partial charge < -0.3 is 5.73 Å². The molecule has 1 aliphatic rings. The number of hydrogen-bond donors (Lipinski definition) is 1. The van der Waals surface area contributed by atoms with Crippen LogP contribution in [0.5, 0.6) is 0 Å². The average molecular weight is 254 g/mol. The van der Waals surface area contributed by atoms with Crippen LogP contribution in [0, 0.1) is 5.92 Å². The summed E-state index contributed by atoms with van der Waals surface area (Å²) in [5.41, 5.74) is 8.15. The van der Waals surface area contributed by atoms with Crippen LogP contribution in [-0.2, 0) is 16.4 Å². The van der Waals surface area contributed by atoms with Crippen molar-refractivity contribution in [1.29, 1.82) is 0 Å². The minimum absolute atomic E-state index is 0.119. The number of benzene rings is 1. The Kier molecular flexibility index (Phi) is 3.03.